The summed E-state index contributed by atoms with van der Waals surface area (Å²) in [5.41, 5.74) is 0.708. The average molecular weight is 456 g/mol. The predicted octanol–water partition coefficient (Wildman–Crippen LogP) is 4.38. The molecule has 2 amide bonds. The summed E-state index contributed by atoms with van der Waals surface area (Å²) in [6.45, 7) is 4.41. The van der Waals surface area contributed by atoms with E-state index in [1.165, 1.54) is 0 Å². The minimum absolute atomic E-state index is 0.174. The number of thioether (sulfide) groups is 1. The Balaban J connectivity index is 1.55. The summed E-state index contributed by atoms with van der Waals surface area (Å²) in [4.78, 5) is 37.8. The zero-order valence-electron chi connectivity index (χ0n) is 18.0. The lowest BCUT2D eigenvalue weighted by Gasteiger charge is -2.12. The number of nitrogens with zero attached hydrogens (tertiary/aromatic N) is 1. The fourth-order valence-corrected chi connectivity index (χ4v) is 3.59. The van der Waals surface area contributed by atoms with Gasteiger partial charge in [0.1, 0.15) is 31.3 Å². The van der Waals surface area contributed by atoms with Crippen LogP contribution in [-0.2, 0) is 14.3 Å². The van der Waals surface area contributed by atoms with Crippen LogP contribution in [0.4, 0.5) is 4.79 Å². The molecule has 8 heteroatoms. The summed E-state index contributed by atoms with van der Waals surface area (Å²) in [5.74, 6) is 0.452. The molecule has 0 N–H and O–H groups in total. The third-order valence-electron chi connectivity index (χ3n) is 4.26. The highest BCUT2D eigenvalue weighted by Crippen LogP contribution is 2.32. The lowest BCUT2D eigenvalue weighted by atomic mass is 10.2. The minimum atomic E-state index is -0.602. The number of ether oxygens (including phenoxy) is 3. The first-order chi connectivity index (χ1) is 15.4. The number of carbonyl (C=O) groups excluding carboxylic acids is 3. The van der Waals surface area contributed by atoms with Crippen LogP contribution in [-0.4, -0.2) is 48.4 Å². The van der Waals surface area contributed by atoms with Crippen molar-refractivity contribution in [2.75, 3.05) is 26.4 Å². The first kappa shape index (κ1) is 23.4. The molecule has 7 nitrogen and oxygen atoms in total. The van der Waals surface area contributed by atoms with Crippen LogP contribution in [0.5, 0.6) is 11.5 Å². The summed E-state index contributed by atoms with van der Waals surface area (Å²) < 4.78 is 16.4. The number of esters is 1. The summed E-state index contributed by atoms with van der Waals surface area (Å²) in [5, 5.41) is -0.492. The predicted molar refractivity (Wildman–Crippen MR) is 122 cm³/mol. The normalized spacial score (nSPS) is 14.8. The molecule has 0 aromatic heterocycles. The molecule has 1 aliphatic heterocycles. The van der Waals surface area contributed by atoms with Gasteiger partial charge in [-0.15, -0.1) is 0 Å². The van der Waals surface area contributed by atoms with E-state index in [4.69, 9.17) is 14.2 Å². The third kappa shape index (κ3) is 6.88. The molecular formula is C24H25NO6S. The monoisotopic (exact) mass is 455 g/mol. The van der Waals surface area contributed by atoms with Gasteiger partial charge in [0.25, 0.3) is 11.1 Å². The van der Waals surface area contributed by atoms with Gasteiger partial charge in [-0.25, -0.2) is 0 Å². The van der Waals surface area contributed by atoms with E-state index in [9.17, 15) is 14.4 Å². The number of hydrogen-bond acceptors (Lipinski definition) is 7. The van der Waals surface area contributed by atoms with Crippen LogP contribution in [0.3, 0.4) is 0 Å². The molecule has 0 spiro atoms. The lowest BCUT2D eigenvalue weighted by molar-refractivity contribution is -0.147. The standard InChI is InChI=1S/C24H25NO6S/c1-17(2)16-31-22(26)15-25-23(27)21(32-24(25)28)14-18-7-6-10-20(13-18)30-12-11-29-19-8-4-3-5-9-19/h3-10,13-14,17H,11-12,15-16H2,1-2H3/b21-14+. The Kier molecular flexibility index (Phi) is 8.33. The highest BCUT2D eigenvalue weighted by atomic mass is 32.2. The first-order valence-electron chi connectivity index (χ1n) is 10.2. The van der Waals surface area contributed by atoms with Crippen LogP contribution in [0, 0.1) is 5.92 Å². The van der Waals surface area contributed by atoms with Gasteiger partial charge in [0.15, 0.2) is 0 Å². The summed E-state index contributed by atoms with van der Waals surface area (Å²) in [6.07, 6.45) is 1.61. The highest BCUT2D eigenvalue weighted by Gasteiger charge is 2.36. The van der Waals surface area contributed by atoms with Gasteiger partial charge in [0.2, 0.25) is 0 Å². The molecule has 0 saturated carbocycles. The van der Waals surface area contributed by atoms with Crippen molar-refractivity contribution in [3.8, 4) is 11.5 Å². The average Bonchev–Trinajstić information content (AvgIpc) is 3.03. The van der Waals surface area contributed by atoms with Crippen LogP contribution in [0.1, 0.15) is 19.4 Å². The molecule has 3 rings (SSSR count). The Morgan fingerprint density at radius 3 is 2.41 bits per heavy atom. The topological polar surface area (TPSA) is 82.1 Å². The van der Waals surface area contributed by atoms with E-state index in [1.54, 1.807) is 30.3 Å². The second kappa shape index (κ2) is 11.4. The number of benzene rings is 2. The molecule has 0 unspecified atom stereocenters. The number of carbonyl (C=O) groups is 3. The summed E-state index contributed by atoms with van der Waals surface area (Å²) >= 11 is 0.798. The Morgan fingerprint density at radius 1 is 1.00 bits per heavy atom. The molecule has 168 valence electrons. The van der Waals surface area contributed by atoms with E-state index in [0.29, 0.717) is 24.5 Å². The zero-order valence-corrected chi connectivity index (χ0v) is 18.8. The van der Waals surface area contributed by atoms with Gasteiger partial charge in [0, 0.05) is 0 Å². The molecule has 32 heavy (non-hydrogen) atoms. The first-order valence-corrected chi connectivity index (χ1v) is 11.1. The van der Waals surface area contributed by atoms with E-state index >= 15 is 0 Å². The van der Waals surface area contributed by atoms with E-state index in [1.807, 2.05) is 44.2 Å². The fraction of sp³-hybridized carbons (Fsp3) is 0.292. The maximum absolute atomic E-state index is 12.6. The van der Waals surface area contributed by atoms with Crippen molar-refractivity contribution in [3.05, 3.63) is 65.1 Å². The van der Waals surface area contributed by atoms with Crippen LogP contribution in [0.15, 0.2) is 59.5 Å². The van der Waals surface area contributed by atoms with Crippen LogP contribution < -0.4 is 9.47 Å². The van der Waals surface area contributed by atoms with Crippen molar-refractivity contribution in [1.29, 1.82) is 0 Å². The van der Waals surface area contributed by atoms with E-state index in [0.717, 1.165) is 22.4 Å². The van der Waals surface area contributed by atoms with Crippen molar-refractivity contribution < 1.29 is 28.6 Å². The highest BCUT2D eigenvalue weighted by molar-refractivity contribution is 8.18. The molecule has 1 saturated heterocycles. The minimum Gasteiger partial charge on any atom is -0.490 e. The maximum atomic E-state index is 12.6. The number of amides is 2. The maximum Gasteiger partial charge on any atom is 0.326 e. The smallest absolute Gasteiger partial charge is 0.326 e. The summed E-state index contributed by atoms with van der Waals surface area (Å²) in [7, 11) is 0. The quantitative estimate of drug-likeness (QED) is 0.299. The Bertz CT molecular complexity index is 989. The third-order valence-corrected chi connectivity index (χ3v) is 5.17. The van der Waals surface area contributed by atoms with E-state index in [-0.39, 0.29) is 24.0 Å². The van der Waals surface area contributed by atoms with Gasteiger partial charge in [-0.3, -0.25) is 19.3 Å². The SMILES string of the molecule is CC(C)COC(=O)CN1C(=O)S/C(=C/c2cccc(OCCOc3ccccc3)c2)C1=O. The molecule has 2 aromatic rings. The molecule has 0 atom stereocenters. The van der Waals surface area contributed by atoms with Gasteiger partial charge in [-0.1, -0.05) is 44.2 Å². The van der Waals surface area contributed by atoms with E-state index < -0.39 is 17.1 Å². The van der Waals surface area contributed by atoms with Crippen molar-refractivity contribution in [2.45, 2.75) is 13.8 Å². The summed E-state index contributed by atoms with van der Waals surface area (Å²) in [6, 6.07) is 16.6. The number of rotatable bonds is 10. The van der Waals surface area contributed by atoms with Crippen LogP contribution in [0.25, 0.3) is 6.08 Å². The molecule has 1 aliphatic rings. The van der Waals surface area contributed by atoms with Gasteiger partial charge < -0.3 is 14.2 Å². The largest absolute Gasteiger partial charge is 0.490 e. The molecule has 0 radical (unpaired) electrons. The van der Waals surface area contributed by atoms with Gasteiger partial charge in [0.05, 0.1) is 11.5 Å². The Hall–Kier alpha value is -3.26. The number of imide groups is 1. The molecule has 1 heterocycles. The van der Waals surface area contributed by atoms with Crippen LogP contribution >= 0.6 is 11.8 Å². The van der Waals surface area contributed by atoms with Gasteiger partial charge >= 0.3 is 5.97 Å². The molecule has 0 bridgehead atoms. The van der Waals surface area contributed by atoms with Crippen LogP contribution in [0.2, 0.25) is 0 Å². The Labute approximate surface area is 191 Å². The van der Waals surface area contributed by atoms with Crippen molar-refractivity contribution in [3.63, 3.8) is 0 Å². The van der Waals surface area contributed by atoms with Crippen molar-refractivity contribution in [1.82, 2.24) is 4.90 Å². The second-order valence-electron chi connectivity index (χ2n) is 7.43. The zero-order chi connectivity index (χ0) is 22.9. The molecule has 0 aliphatic carbocycles. The number of hydrogen-bond donors (Lipinski definition) is 0. The number of para-hydroxylation sites is 1. The molecule has 1 fully saturated rings. The lowest BCUT2D eigenvalue weighted by Crippen LogP contribution is -2.34. The molecular weight excluding hydrogens is 430 g/mol. The fourth-order valence-electron chi connectivity index (χ4n) is 2.75. The van der Waals surface area contributed by atoms with Crippen molar-refractivity contribution >= 4 is 35.0 Å². The Morgan fingerprint density at radius 2 is 1.69 bits per heavy atom. The molecule has 2 aromatic carbocycles. The van der Waals surface area contributed by atoms with Gasteiger partial charge in [-0.2, -0.15) is 0 Å². The van der Waals surface area contributed by atoms with E-state index in [2.05, 4.69) is 0 Å². The second-order valence-corrected chi connectivity index (χ2v) is 8.42. The van der Waals surface area contributed by atoms with Crippen molar-refractivity contribution in [2.24, 2.45) is 5.92 Å². The van der Waals surface area contributed by atoms with Gasteiger partial charge in [-0.05, 0) is 53.6 Å².